The number of anilines is 5. The summed E-state index contributed by atoms with van der Waals surface area (Å²) in [5.41, 5.74) is 8.68. The molecule has 0 unspecified atom stereocenters. The van der Waals surface area contributed by atoms with E-state index in [1.165, 1.54) is 55.8 Å². The molecule has 3 atom stereocenters. The summed E-state index contributed by atoms with van der Waals surface area (Å²) >= 11 is 3.40. The summed E-state index contributed by atoms with van der Waals surface area (Å²) in [5.74, 6) is 1.94. The van der Waals surface area contributed by atoms with E-state index in [1.807, 2.05) is 58.0 Å². The largest absolute Gasteiger partial charge is 0.433 e. The summed E-state index contributed by atoms with van der Waals surface area (Å²) < 4.78 is 115. The fourth-order valence-corrected chi connectivity index (χ4v) is 10.3. The van der Waals surface area contributed by atoms with E-state index in [2.05, 4.69) is 104 Å². The molecule has 87 heavy (non-hydrogen) atoms. The molecular weight excluding hydrogens is 1210 g/mol. The molecule has 9 heterocycles. The van der Waals surface area contributed by atoms with Crippen LogP contribution in [-0.4, -0.2) is 64.5 Å². The number of aromatic nitrogens is 9. The third kappa shape index (κ3) is 15.3. The average Bonchev–Trinajstić information content (AvgIpc) is 2.44. The lowest BCUT2D eigenvalue weighted by molar-refractivity contribution is -0.142. The van der Waals surface area contributed by atoms with Gasteiger partial charge in [-0.05, 0) is 98.5 Å². The van der Waals surface area contributed by atoms with Crippen LogP contribution in [0.3, 0.4) is 0 Å². The molecule has 0 saturated carbocycles. The lowest BCUT2D eigenvalue weighted by Gasteiger charge is -2.32. The predicted molar refractivity (Wildman–Crippen MR) is 310 cm³/mol. The highest BCUT2D eigenvalue weighted by atomic mass is 79.9. The third-order valence-electron chi connectivity index (χ3n) is 14.7. The van der Waals surface area contributed by atoms with Crippen LogP contribution in [0.5, 0.6) is 0 Å². The number of aryl methyl sites for hydroxylation is 1. The Kier molecular flexibility index (Phi) is 19.1. The van der Waals surface area contributed by atoms with Gasteiger partial charge in [-0.2, -0.15) is 50.0 Å². The number of nitriles is 2. The summed E-state index contributed by atoms with van der Waals surface area (Å²) in [6, 6.07) is 22.2. The van der Waals surface area contributed by atoms with Crippen molar-refractivity contribution in [1.82, 2.24) is 50.2 Å². The van der Waals surface area contributed by atoms with Crippen LogP contribution in [0.4, 0.5) is 68.3 Å². The van der Waals surface area contributed by atoms with Crippen molar-refractivity contribution in [2.24, 2.45) is 0 Å². The van der Waals surface area contributed by atoms with Gasteiger partial charge in [-0.1, -0.05) is 40.2 Å². The van der Waals surface area contributed by atoms with E-state index >= 15 is 0 Å². The normalized spacial score (nSPS) is 14.8. The summed E-state index contributed by atoms with van der Waals surface area (Å²) in [7, 11) is 0. The van der Waals surface area contributed by atoms with Crippen molar-refractivity contribution in [3.05, 3.63) is 199 Å². The lowest BCUT2D eigenvalue weighted by atomic mass is 10.0. The molecule has 0 fully saturated rings. The molecule has 0 aliphatic carbocycles. The number of pyridine rings is 3. The van der Waals surface area contributed by atoms with Crippen LogP contribution in [-0.2, 0) is 57.4 Å². The smallest absolute Gasteiger partial charge is 0.366 e. The van der Waals surface area contributed by atoms with E-state index < -0.39 is 35.6 Å². The molecule has 11 rings (SSSR count). The molecular formula is C60H55BrF9N17. The van der Waals surface area contributed by atoms with Crippen LogP contribution in [0, 0.1) is 29.6 Å². The van der Waals surface area contributed by atoms with Crippen molar-refractivity contribution in [1.29, 1.82) is 10.5 Å². The predicted octanol–water partition coefficient (Wildman–Crippen LogP) is 12.8. The molecule has 27 heteroatoms. The summed E-state index contributed by atoms with van der Waals surface area (Å²) in [4.78, 5) is 40.9. The zero-order valence-electron chi connectivity index (χ0n) is 47.1. The Labute approximate surface area is 502 Å². The van der Waals surface area contributed by atoms with Gasteiger partial charge in [0.15, 0.2) is 0 Å². The van der Waals surface area contributed by atoms with Crippen molar-refractivity contribution >= 4 is 44.8 Å². The SMILES string of the molecule is C[C@@H](Nc1ncnc2c1CN(c1ccc(Br)cc1C#N)CC2)c1ccc(C(F)(F)F)nc1.C[C@@H](Nc1ncnc2c1CNCC2)c1ccc(C(F)(F)F)nc1.Cc1ccc(N2CCc3ncnc(N[C@H](C)c4ccc(C(F)(F)F)nc4)c3C2)c(C#N)c1. The number of hydrogen-bond acceptors (Lipinski definition) is 17. The first kappa shape index (κ1) is 62.5. The number of hydrogen-bond donors (Lipinski definition) is 4. The van der Waals surface area contributed by atoms with Gasteiger partial charge < -0.3 is 31.1 Å². The maximum absolute atomic E-state index is 12.8. The molecule has 0 radical (unpaired) electrons. The topological polar surface area (TPSA) is 218 Å². The van der Waals surface area contributed by atoms with E-state index in [-0.39, 0.29) is 18.1 Å². The van der Waals surface area contributed by atoms with Gasteiger partial charge >= 0.3 is 18.5 Å². The molecule has 3 aliphatic heterocycles. The summed E-state index contributed by atoms with van der Waals surface area (Å²) in [6.07, 6.45) is -2.98. The Bertz CT molecular complexity index is 3610. The maximum atomic E-state index is 12.8. The Morgan fingerprint density at radius 1 is 0.506 bits per heavy atom. The van der Waals surface area contributed by atoms with E-state index in [4.69, 9.17) is 0 Å². The Morgan fingerprint density at radius 2 is 0.897 bits per heavy atom. The molecule has 0 bridgehead atoms. The van der Waals surface area contributed by atoms with E-state index in [0.717, 1.165) is 92.9 Å². The molecule has 2 aromatic carbocycles. The minimum atomic E-state index is -4.47. The molecule has 3 aliphatic rings. The van der Waals surface area contributed by atoms with Gasteiger partial charge in [0, 0.05) is 98.3 Å². The van der Waals surface area contributed by atoms with E-state index in [1.54, 1.807) is 6.07 Å². The molecule has 0 saturated heterocycles. The van der Waals surface area contributed by atoms with E-state index in [9.17, 15) is 50.0 Å². The first-order chi connectivity index (χ1) is 41.5. The van der Waals surface area contributed by atoms with Crippen molar-refractivity contribution in [2.45, 2.75) is 103 Å². The van der Waals surface area contributed by atoms with Crippen molar-refractivity contribution < 1.29 is 39.5 Å². The number of halogens is 10. The number of nitrogens with one attached hydrogen (secondary N) is 4. The standard InChI is InChI=1S/C23H21F3N6.C22H18BrF3N6.C15H16F3N5/c1-14-3-5-20(17(9-14)10-27)32-8-7-19-18(12-32)22(30-13-29-19)31-15(2)16-4-6-21(28-11-16)23(24,25)26;1-13(14-2-5-20(28-10-14)22(24,25)26)31-21-17-11-32(7-6-18(17)29-12-30-21)19-4-3-16(23)8-15(19)9-27;1-9(10-2-3-13(20-6-10)15(16,17)18)23-14-11-7-19-5-4-12(11)21-8-22-14/h3-6,9,11,13,15H,7-8,12H2,1-2H3,(H,29,30,31);2-5,8,10,12-13H,6-7,11H2,1H3,(H,29,30,31);2-3,6,8-9,19H,4-5,7H2,1H3,(H,21,22,23)/t15-;13-;9-/m111/s1. The van der Waals surface area contributed by atoms with Crippen LogP contribution < -0.4 is 31.1 Å². The monoisotopic (exact) mass is 1260 g/mol. The van der Waals surface area contributed by atoms with Crippen LogP contribution >= 0.6 is 15.9 Å². The fourth-order valence-electron chi connectivity index (χ4n) is 9.98. The minimum absolute atomic E-state index is 0.217. The number of benzene rings is 2. The zero-order valence-corrected chi connectivity index (χ0v) is 48.7. The molecule has 4 N–H and O–H groups in total. The lowest BCUT2D eigenvalue weighted by Crippen LogP contribution is -2.32. The van der Waals surface area contributed by atoms with Gasteiger partial charge in [0.05, 0.1) is 57.7 Å². The molecule has 6 aromatic heterocycles. The highest BCUT2D eigenvalue weighted by molar-refractivity contribution is 9.10. The fraction of sp³-hybridized carbons (Fsp3) is 0.317. The Morgan fingerprint density at radius 3 is 1.29 bits per heavy atom. The van der Waals surface area contributed by atoms with Gasteiger partial charge in [0.25, 0.3) is 0 Å². The van der Waals surface area contributed by atoms with Crippen LogP contribution in [0.1, 0.15) is 123 Å². The Balaban J connectivity index is 0.000000158. The van der Waals surface area contributed by atoms with Crippen LogP contribution in [0.25, 0.3) is 0 Å². The van der Waals surface area contributed by atoms with Gasteiger partial charge in [0.1, 0.15) is 65.7 Å². The second-order valence-electron chi connectivity index (χ2n) is 20.6. The highest BCUT2D eigenvalue weighted by Crippen LogP contribution is 2.36. The first-order valence-corrected chi connectivity index (χ1v) is 28.0. The van der Waals surface area contributed by atoms with Crippen molar-refractivity contribution in [2.75, 3.05) is 45.4 Å². The van der Waals surface area contributed by atoms with E-state index in [0.29, 0.717) is 84.3 Å². The van der Waals surface area contributed by atoms with Crippen LogP contribution in [0.2, 0.25) is 0 Å². The molecule has 0 spiro atoms. The Hall–Kier alpha value is -9.08. The van der Waals surface area contributed by atoms with Gasteiger partial charge in [-0.15, -0.1) is 0 Å². The third-order valence-corrected chi connectivity index (χ3v) is 15.2. The molecule has 17 nitrogen and oxygen atoms in total. The minimum Gasteiger partial charge on any atom is -0.366 e. The maximum Gasteiger partial charge on any atom is 0.433 e. The number of fused-ring (bicyclic) bond motifs is 3. The van der Waals surface area contributed by atoms with Crippen molar-refractivity contribution in [3.8, 4) is 12.1 Å². The zero-order chi connectivity index (χ0) is 62.2. The van der Waals surface area contributed by atoms with Crippen molar-refractivity contribution in [3.63, 3.8) is 0 Å². The molecule has 0 amide bonds. The number of rotatable bonds is 11. The summed E-state index contributed by atoms with van der Waals surface area (Å²) in [6.45, 7) is 11.5. The second-order valence-corrected chi connectivity index (χ2v) is 21.6. The van der Waals surface area contributed by atoms with Gasteiger partial charge in [0.2, 0.25) is 0 Å². The van der Waals surface area contributed by atoms with Gasteiger partial charge in [-0.3, -0.25) is 15.0 Å². The first-order valence-electron chi connectivity index (χ1n) is 27.3. The van der Waals surface area contributed by atoms with Crippen LogP contribution in [0.15, 0.2) is 115 Å². The number of nitrogens with zero attached hydrogens (tertiary/aromatic N) is 13. The number of alkyl halides is 9. The molecule has 450 valence electrons. The second kappa shape index (κ2) is 26.7. The summed E-state index contributed by atoms with van der Waals surface area (Å²) in [5, 5.41) is 32.1. The molecule has 8 aromatic rings. The van der Waals surface area contributed by atoms with Gasteiger partial charge in [-0.25, -0.2) is 29.9 Å². The highest BCUT2D eigenvalue weighted by Gasteiger charge is 2.35. The quantitative estimate of drug-likeness (QED) is 0.0885. The average molecular weight is 1270 g/mol.